The summed E-state index contributed by atoms with van der Waals surface area (Å²) in [7, 11) is 1.64. The van der Waals surface area contributed by atoms with E-state index in [-0.39, 0.29) is 6.03 Å². The number of nitrogens with one attached hydrogen (secondary N) is 2. The Morgan fingerprint density at radius 3 is 2.00 bits per heavy atom. The van der Waals surface area contributed by atoms with Crippen LogP contribution in [0.5, 0.6) is 5.75 Å². The van der Waals surface area contributed by atoms with Gasteiger partial charge < -0.3 is 15.4 Å². The summed E-state index contributed by atoms with van der Waals surface area (Å²) in [5.41, 5.74) is 4.27. The van der Waals surface area contributed by atoms with Crippen LogP contribution in [-0.4, -0.2) is 13.1 Å². The number of hydrogen-bond donors (Lipinski definition) is 2. The molecular formula is C21H28N2O2. The molecule has 4 nitrogen and oxygen atoms in total. The predicted molar refractivity (Wildman–Crippen MR) is 103 cm³/mol. The molecular weight excluding hydrogens is 312 g/mol. The first-order valence-corrected chi connectivity index (χ1v) is 8.73. The van der Waals surface area contributed by atoms with Crippen LogP contribution in [-0.2, 0) is 6.54 Å². The molecule has 4 heteroatoms. The van der Waals surface area contributed by atoms with Crippen LogP contribution in [0.1, 0.15) is 56.2 Å². The number of benzene rings is 2. The molecule has 0 spiro atoms. The number of ether oxygens (including phenoxy) is 1. The average Bonchev–Trinajstić information content (AvgIpc) is 2.60. The van der Waals surface area contributed by atoms with E-state index in [1.807, 2.05) is 24.3 Å². The van der Waals surface area contributed by atoms with Crippen molar-refractivity contribution in [1.29, 1.82) is 0 Å². The van der Waals surface area contributed by atoms with Crippen LogP contribution in [0.3, 0.4) is 0 Å². The lowest BCUT2D eigenvalue weighted by molar-refractivity contribution is 0.251. The maximum Gasteiger partial charge on any atom is 0.319 e. The highest BCUT2D eigenvalue weighted by Gasteiger charge is 2.15. The molecule has 0 bridgehead atoms. The Morgan fingerprint density at radius 1 is 0.960 bits per heavy atom. The largest absolute Gasteiger partial charge is 0.497 e. The van der Waals surface area contributed by atoms with Crippen LogP contribution in [0.2, 0.25) is 0 Å². The molecule has 0 heterocycles. The Labute approximate surface area is 150 Å². The zero-order valence-electron chi connectivity index (χ0n) is 15.7. The fourth-order valence-electron chi connectivity index (χ4n) is 2.78. The van der Waals surface area contributed by atoms with Crippen molar-refractivity contribution in [2.24, 2.45) is 0 Å². The maximum absolute atomic E-state index is 12.4. The van der Waals surface area contributed by atoms with E-state index in [2.05, 4.69) is 56.5 Å². The van der Waals surface area contributed by atoms with Gasteiger partial charge >= 0.3 is 6.03 Å². The van der Waals surface area contributed by atoms with E-state index in [1.165, 1.54) is 0 Å². The van der Waals surface area contributed by atoms with Gasteiger partial charge in [0.25, 0.3) is 0 Å². The highest BCUT2D eigenvalue weighted by Crippen LogP contribution is 2.32. The normalized spacial score (nSPS) is 10.8. The van der Waals surface area contributed by atoms with E-state index in [1.54, 1.807) is 7.11 Å². The van der Waals surface area contributed by atoms with Gasteiger partial charge in [0.2, 0.25) is 0 Å². The number of rotatable bonds is 6. The minimum Gasteiger partial charge on any atom is -0.497 e. The van der Waals surface area contributed by atoms with Gasteiger partial charge in [-0.2, -0.15) is 0 Å². The number of hydrogen-bond acceptors (Lipinski definition) is 2. The quantitative estimate of drug-likeness (QED) is 0.753. The van der Waals surface area contributed by atoms with Crippen molar-refractivity contribution >= 4 is 11.7 Å². The fourth-order valence-corrected chi connectivity index (χ4v) is 2.78. The molecule has 0 unspecified atom stereocenters. The molecule has 2 rings (SSSR count). The van der Waals surface area contributed by atoms with E-state index >= 15 is 0 Å². The molecule has 2 aromatic carbocycles. The second kappa shape index (κ2) is 8.56. The van der Waals surface area contributed by atoms with E-state index < -0.39 is 0 Å². The van der Waals surface area contributed by atoms with Gasteiger partial charge in [-0.25, -0.2) is 4.79 Å². The maximum atomic E-state index is 12.4. The molecule has 2 amide bonds. The number of anilines is 1. The molecule has 0 aliphatic rings. The third kappa shape index (κ3) is 4.99. The number of carbonyl (C=O) groups is 1. The number of para-hydroxylation sites is 1. The summed E-state index contributed by atoms with van der Waals surface area (Å²) < 4.78 is 5.15. The molecule has 2 aromatic rings. The number of methoxy groups -OCH3 is 1. The summed E-state index contributed by atoms with van der Waals surface area (Å²) in [5.74, 6) is 1.49. The first-order valence-electron chi connectivity index (χ1n) is 8.73. The van der Waals surface area contributed by atoms with Gasteiger partial charge in [0.05, 0.1) is 7.11 Å². The smallest absolute Gasteiger partial charge is 0.319 e. The summed E-state index contributed by atoms with van der Waals surface area (Å²) >= 11 is 0. The number of urea groups is 1. The number of amides is 2. The minimum atomic E-state index is -0.189. The lowest BCUT2D eigenvalue weighted by Gasteiger charge is -2.20. The molecule has 0 aliphatic carbocycles. The molecule has 134 valence electrons. The van der Waals surface area contributed by atoms with E-state index in [9.17, 15) is 4.79 Å². The van der Waals surface area contributed by atoms with Crippen LogP contribution in [0.4, 0.5) is 10.5 Å². The Balaban J connectivity index is 2.08. The highest BCUT2D eigenvalue weighted by molar-refractivity contribution is 5.91. The Bertz CT molecular complexity index is 680. The standard InChI is InChI=1S/C21H28N2O2/c1-14(2)18-7-6-8-19(15(3)4)20(18)23-21(24)22-13-16-9-11-17(25-5)12-10-16/h6-12,14-15H,13H2,1-5H3,(H2,22,23,24). The Kier molecular flexibility index (Phi) is 6.45. The van der Waals surface area contributed by atoms with Gasteiger partial charge in [-0.3, -0.25) is 0 Å². The SMILES string of the molecule is COc1ccc(CNC(=O)Nc2c(C(C)C)cccc2C(C)C)cc1. The number of carbonyl (C=O) groups excluding carboxylic acids is 1. The van der Waals surface area contributed by atoms with Crippen molar-refractivity contribution < 1.29 is 9.53 Å². The monoisotopic (exact) mass is 340 g/mol. The molecule has 0 radical (unpaired) electrons. The minimum absolute atomic E-state index is 0.189. The van der Waals surface area contributed by atoms with Crippen LogP contribution in [0, 0.1) is 0 Å². The van der Waals surface area contributed by atoms with Crippen LogP contribution in [0.15, 0.2) is 42.5 Å². The van der Waals surface area contributed by atoms with E-state index in [4.69, 9.17) is 4.74 Å². The van der Waals surface area contributed by atoms with Gasteiger partial charge in [-0.15, -0.1) is 0 Å². The van der Waals surface area contributed by atoms with E-state index in [0.29, 0.717) is 18.4 Å². The second-order valence-electron chi connectivity index (χ2n) is 6.78. The van der Waals surface area contributed by atoms with Crippen molar-refractivity contribution in [2.45, 2.75) is 46.1 Å². The highest BCUT2D eigenvalue weighted by atomic mass is 16.5. The molecule has 0 saturated heterocycles. The van der Waals surface area contributed by atoms with Gasteiger partial charge in [-0.05, 0) is 40.7 Å². The second-order valence-corrected chi connectivity index (χ2v) is 6.78. The first kappa shape index (κ1) is 18.8. The average molecular weight is 340 g/mol. The third-order valence-corrected chi connectivity index (χ3v) is 4.22. The predicted octanol–water partition coefficient (Wildman–Crippen LogP) is 5.26. The topological polar surface area (TPSA) is 50.4 Å². The molecule has 0 aromatic heterocycles. The van der Waals surface area contributed by atoms with Crippen molar-refractivity contribution in [1.82, 2.24) is 5.32 Å². The Hall–Kier alpha value is -2.49. The zero-order valence-corrected chi connectivity index (χ0v) is 15.7. The lowest BCUT2D eigenvalue weighted by atomic mass is 9.93. The third-order valence-electron chi connectivity index (χ3n) is 4.22. The summed E-state index contributed by atoms with van der Waals surface area (Å²) in [6.45, 7) is 9.02. The fraction of sp³-hybridized carbons (Fsp3) is 0.381. The summed E-state index contributed by atoms with van der Waals surface area (Å²) in [6, 6.07) is 13.7. The van der Waals surface area contributed by atoms with Gasteiger partial charge in [0.1, 0.15) is 5.75 Å². The van der Waals surface area contributed by atoms with Crippen LogP contribution < -0.4 is 15.4 Å². The molecule has 25 heavy (non-hydrogen) atoms. The van der Waals surface area contributed by atoms with Crippen molar-refractivity contribution in [3.63, 3.8) is 0 Å². The van der Waals surface area contributed by atoms with Crippen LogP contribution in [0.25, 0.3) is 0 Å². The van der Waals surface area contributed by atoms with Crippen molar-refractivity contribution in [3.8, 4) is 5.75 Å². The molecule has 0 aliphatic heterocycles. The van der Waals surface area contributed by atoms with Gasteiger partial charge in [-0.1, -0.05) is 58.0 Å². The van der Waals surface area contributed by atoms with Crippen molar-refractivity contribution in [3.05, 3.63) is 59.2 Å². The zero-order chi connectivity index (χ0) is 18.4. The van der Waals surface area contributed by atoms with Gasteiger partial charge in [0.15, 0.2) is 0 Å². The van der Waals surface area contributed by atoms with Crippen molar-refractivity contribution in [2.75, 3.05) is 12.4 Å². The van der Waals surface area contributed by atoms with Gasteiger partial charge in [0, 0.05) is 12.2 Å². The first-order chi connectivity index (χ1) is 11.9. The molecule has 0 atom stereocenters. The van der Waals surface area contributed by atoms with Crippen LogP contribution >= 0.6 is 0 Å². The summed E-state index contributed by atoms with van der Waals surface area (Å²) in [6.07, 6.45) is 0. The molecule has 0 saturated carbocycles. The lowest BCUT2D eigenvalue weighted by Crippen LogP contribution is -2.29. The Morgan fingerprint density at radius 2 is 1.52 bits per heavy atom. The van der Waals surface area contributed by atoms with E-state index in [0.717, 1.165) is 28.1 Å². The molecule has 0 fully saturated rings. The summed E-state index contributed by atoms with van der Waals surface area (Å²) in [4.78, 5) is 12.4. The molecule has 2 N–H and O–H groups in total. The summed E-state index contributed by atoms with van der Waals surface area (Å²) in [5, 5.41) is 5.99.